The van der Waals surface area contributed by atoms with Crippen LogP contribution in [0, 0.1) is 11.7 Å². The molecule has 0 radical (unpaired) electrons. The molecule has 8 heteroatoms. The van der Waals surface area contributed by atoms with Crippen molar-refractivity contribution >= 4 is 36.3 Å². The number of allylic oxidation sites excluding steroid dienone is 1. The molecule has 0 bridgehead atoms. The van der Waals surface area contributed by atoms with Crippen LogP contribution in [0.3, 0.4) is 0 Å². The van der Waals surface area contributed by atoms with E-state index in [1.54, 1.807) is 12.1 Å². The summed E-state index contributed by atoms with van der Waals surface area (Å²) in [5, 5.41) is 0. The molecule has 1 amide bonds. The minimum atomic E-state index is -0.353. The number of ether oxygens (including phenoxy) is 2. The Morgan fingerprint density at radius 3 is 2.22 bits per heavy atom. The van der Waals surface area contributed by atoms with Crippen molar-refractivity contribution in [2.45, 2.75) is 51.9 Å². The summed E-state index contributed by atoms with van der Waals surface area (Å²) >= 11 is 2.10. The predicted octanol–water partition coefficient (Wildman–Crippen LogP) is 9.95. The highest BCUT2D eigenvalue weighted by Gasteiger charge is 2.39. The number of amides is 1. The third-order valence-electron chi connectivity index (χ3n) is 7.93. The van der Waals surface area contributed by atoms with Crippen molar-refractivity contribution in [1.82, 2.24) is 4.90 Å². The molecule has 1 saturated heterocycles. The van der Waals surface area contributed by atoms with Gasteiger partial charge >= 0.3 is 0 Å². The normalized spacial score (nSPS) is 15.8. The molecule has 1 aliphatic heterocycles. The van der Waals surface area contributed by atoms with Crippen LogP contribution >= 0.6 is 30.4 Å². The van der Waals surface area contributed by atoms with Gasteiger partial charge in [0.2, 0.25) is 5.91 Å². The van der Waals surface area contributed by atoms with Crippen LogP contribution in [0.4, 0.5) is 4.39 Å². The van der Waals surface area contributed by atoms with Gasteiger partial charge in [-0.3, -0.25) is 13.9 Å². The zero-order valence-corrected chi connectivity index (χ0v) is 28.4. The summed E-state index contributed by atoms with van der Waals surface area (Å²) in [7, 11) is 1.24. The average Bonchev–Trinajstić information content (AvgIpc) is 3.52. The second-order valence-electron chi connectivity index (χ2n) is 11.3. The van der Waals surface area contributed by atoms with Crippen molar-refractivity contribution < 1.29 is 22.8 Å². The van der Waals surface area contributed by atoms with E-state index in [-0.39, 0.29) is 29.8 Å². The minimum absolute atomic E-state index is 0.0157. The van der Waals surface area contributed by atoms with Crippen molar-refractivity contribution in [3.63, 3.8) is 0 Å². The maximum Gasteiger partial charge on any atom is 0.233 e. The fourth-order valence-corrected chi connectivity index (χ4v) is 6.65. The molecule has 1 heterocycles. The van der Waals surface area contributed by atoms with Crippen molar-refractivity contribution in [3.05, 3.63) is 149 Å². The van der Waals surface area contributed by atoms with Gasteiger partial charge in [-0.05, 0) is 85.2 Å². The van der Waals surface area contributed by atoms with Gasteiger partial charge in [-0.1, -0.05) is 84.9 Å². The topological polar surface area (TPSA) is 48.0 Å². The Morgan fingerprint density at radius 1 is 0.911 bits per heavy atom. The molecule has 45 heavy (non-hydrogen) atoms. The van der Waals surface area contributed by atoms with Gasteiger partial charge in [0.05, 0.1) is 21.4 Å². The van der Waals surface area contributed by atoms with Gasteiger partial charge in [0.1, 0.15) is 24.8 Å². The first-order chi connectivity index (χ1) is 21.9. The number of hydrogen-bond donors (Lipinski definition) is 0. The smallest absolute Gasteiger partial charge is 0.233 e. The number of carbonyl (C=O) groups excluding carboxylic acids is 1. The van der Waals surface area contributed by atoms with E-state index in [2.05, 4.69) is 21.2 Å². The van der Waals surface area contributed by atoms with Crippen molar-refractivity contribution in [1.29, 1.82) is 0 Å². The van der Waals surface area contributed by atoms with Crippen molar-refractivity contribution in [2.75, 3.05) is 6.61 Å². The highest BCUT2D eigenvalue weighted by atomic mass is 127. The summed E-state index contributed by atoms with van der Waals surface area (Å²) in [4.78, 5) is 16.5. The van der Waals surface area contributed by atoms with E-state index in [1.807, 2.05) is 104 Å². The first kappa shape index (κ1) is 33.0. The summed E-state index contributed by atoms with van der Waals surface area (Å²) in [5.74, 6) is 0.770. The second-order valence-corrected chi connectivity index (χ2v) is 12.7. The van der Waals surface area contributed by atoms with Gasteiger partial charge in [0, 0.05) is 27.1 Å². The molecule has 4 aromatic rings. The van der Waals surface area contributed by atoms with Gasteiger partial charge in [0.15, 0.2) is 5.88 Å². The summed E-state index contributed by atoms with van der Waals surface area (Å²) in [6.07, 6.45) is 1.40. The molecule has 0 spiro atoms. The first-order valence-electron chi connectivity index (χ1n) is 15.1. The van der Waals surface area contributed by atoms with Crippen LogP contribution in [0.25, 0.3) is 0 Å². The molecular weight excluding hydrogens is 700 g/mol. The third-order valence-corrected chi connectivity index (χ3v) is 8.86. The number of rotatable bonds is 13. The highest BCUT2D eigenvalue weighted by molar-refractivity contribution is 14.2. The van der Waals surface area contributed by atoms with Crippen LogP contribution in [0.1, 0.15) is 61.1 Å². The molecular formula is C37H37FINO4S. The van der Waals surface area contributed by atoms with E-state index in [4.69, 9.17) is 13.7 Å². The summed E-state index contributed by atoms with van der Waals surface area (Å²) in [6.45, 7) is 4.84. The maximum atomic E-state index is 14.6. The Hall–Kier alpha value is -3.34. The second kappa shape index (κ2) is 16.3. The summed E-state index contributed by atoms with van der Waals surface area (Å²) in [6, 6.07) is 34.3. The Kier molecular flexibility index (Phi) is 12.0. The predicted molar refractivity (Wildman–Crippen MR) is 186 cm³/mol. The third kappa shape index (κ3) is 8.89. The number of benzene rings is 4. The van der Waals surface area contributed by atoms with Gasteiger partial charge in [-0.25, -0.2) is 4.39 Å². The van der Waals surface area contributed by atoms with E-state index < -0.39 is 0 Å². The monoisotopic (exact) mass is 737 g/mol. The molecule has 5 nitrogen and oxygen atoms in total. The van der Waals surface area contributed by atoms with E-state index in [0.29, 0.717) is 38.4 Å². The number of halogens is 2. The molecule has 1 fully saturated rings. The molecule has 3 atom stereocenters. The Labute approximate surface area is 281 Å². The lowest BCUT2D eigenvalue weighted by atomic mass is 9.90. The Morgan fingerprint density at radius 2 is 1.58 bits per heavy atom. The lowest BCUT2D eigenvalue weighted by Crippen LogP contribution is -2.37. The van der Waals surface area contributed by atoms with Crippen LogP contribution in [0.15, 0.2) is 121 Å². The molecule has 0 aliphatic carbocycles. The van der Waals surface area contributed by atoms with Gasteiger partial charge in [0.25, 0.3) is 0 Å². The number of carbonyl (C=O) groups is 1. The van der Waals surface area contributed by atoms with Gasteiger partial charge < -0.3 is 9.47 Å². The van der Waals surface area contributed by atoms with Crippen LogP contribution in [-0.4, -0.2) is 17.4 Å². The molecule has 5 rings (SSSR count). The molecule has 1 aliphatic rings. The largest absolute Gasteiger partial charge is 0.489 e. The molecule has 0 saturated carbocycles. The van der Waals surface area contributed by atoms with Crippen LogP contribution in [-0.2, 0) is 26.7 Å². The lowest BCUT2D eigenvalue weighted by molar-refractivity contribution is -0.135. The first-order valence-corrected chi connectivity index (χ1v) is 18.3. The fraction of sp³-hybridized carbons (Fsp3) is 0.270. The zero-order valence-electron chi connectivity index (χ0n) is 25.4. The van der Waals surface area contributed by atoms with Crippen molar-refractivity contribution in [2.24, 2.45) is 5.92 Å². The SMILES string of the molecule is CC(C)=C1OCC(c2ccccc2)N1C(=O)C(CCC(OSI)c1ccc(F)cc1)Cc1ccc(OCc2ccccc2)cc1. The van der Waals surface area contributed by atoms with E-state index in [0.717, 1.165) is 33.6 Å². The number of nitrogens with zero attached hydrogens (tertiary/aromatic N) is 1. The number of hydrogen-bond acceptors (Lipinski definition) is 5. The molecule has 234 valence electrons. The molecule has 3 unspecified atom stereocenters. The van der Waals surface area contributed by atoms with Crippen LogP contribution < -0.4 is 4.74 Å². The Bertz CT molecular complexity index is 1550. The molecule has 0 N–H and O–H groups in total. The minimum Gasteiger partial charge on any atom is -0.489 e. The van der Waals surface area contributed by atoms with Crippen LogP contribution in [0.5, 0.6) is 5.75 Å². The van der Waals surface area contributed by atoms with Gasteiger partial charge in [-0.15, -0.1) is 0 Å². The van der Waals surface area contributed by atoms with E-state index in [1.165, 1.54) is 21.3 Å². The Balaban J connectivity index is 1.39. The van der Waals surface area contributed by atoms with Crippen molar-refractivity contribution in [3.8, 4) is 5.75 Å². The fourth-order valence-electron chi connectivity index (χ4n) is 5.60. The quantitative estimate of drug-likeness (QED) is 0.101. The maximum absolute atomic E-state index is 14.6. The van der Waals surface area contributed by atoms with E-state index >= 15 is 0 Å². The summed E-state index contributed by atoms with van der Waals surface area (Å²) < 4.78 is 31.8. The van der Waals surface area contributed by atoms with Gasteiger partial charge in [-0.2, -0.15) is 0 Å². The summed E-state index contributed by atoms with van der Waals surface area (Å²) in [5.41, 5.74) is 5.01. The highest BCUT2D eigenvalue weighted by Crippen LogP contribution is 2.38. The molecule has 0 aromatic heterocycles. The average molecular weight is 738 g/mol. The van der Waals surface area contributed by atoms with E-state index in [9.17, 15) is 9.18 Å². The zero-order chi connectivity index (χ0) is 31.6. The van der Waals surface area contributed by atoms with Crippen LogP contribution in [0.2, 0.25) is 0 Å². The lowest BCUT2D eigenvalue weighted by Gasteiger charge is -2.29. The standard InChI is InChI=1S/C37H37FINO4S/c1-26(2)37-40(34(25-43-37)29-11-7-4-8-12-29)36(41)31(17-22-35(44-45-39)30-15-18-32(38)19-16-30)23-27-13-20-33(21-14-27)42-24-28-9-5-3-6-10-28/h3-16,18-21,31,34-35H,17,22-25H2,1-2H3. The molecule has 4 aromatic carbocycles.